The van der Waals surface area contributed by atoms with Crippen molar-refractivity contribution in [1.82, 2.24) is 4.57 Å². The molecule has 1 atom stereocenters. The van der Waals surface area contributed by atoms with Crippen LogP contribution in [-0.4, -0.2) is 4.57 Å². The third-order valence-electron chi connectivity index (χ3n) is 7.09. The number of benzene rings is 3. The summed E-state index contributed by atoms with van der Waals surface area (Å²) in [4.78, 5) is 3.46. The molecule has 0 radical (unpaired) electrons. The summed E-state index contributed by atoms with van der Waals surface area (Å²) in [6.45, 7) is 13.8. The second-order valence-electron chi connectivity index (χ2n) is 9.51. The van der Waals surface area contributed by atoms with Gasteiger partial charge in [-0.05, 0) is 79.5 Å². The van der Waals surface area contributed by atoms with Gasteiger partial charge in [-0.3, -0.25) is 0 Å². The van der Waals surface area contributed by atoms with Gasteiger partial charge in [-0.25, -0.2) is 10.1 Å². The Morgan fingerprint density at radius 1 is 1.03 bits per heavy atom. The second kappa shape index (κ2) is 9.69. The van der Waals surface area contributed by atoms with Crippen molar-refractivity contribution in [3.63, 3.8) is 0 Å². The number of ether oxygens (including phenoxy) is 1. The summed E-state index contributed by atoms with van der Waals surface area (Å²) < 4.78 is 8.76. The highest BCUT2D eigenvalue weighted by atomic mass is 16.5. The van der Waals surface area contributed by atoms with E-state index in [0.717, 1.165) is 16.8 Å². The fourth-order valence-corrected chi connectivity index (χ4v) is 5.05. The van der Waals surface area contributed by atoms with E-state index in [4.69, 9.17) is 11.3 Å². The molecule has 0 saturated carbocycles. The highest BCUT2D eigenvalue weighted by molar-refractivity contribution is 5.89. The van der Waals surface area contributed by atoms with Crippen LogP contribution < -0.4 is 0 Å². The molecule has 180 valence electrons. The molecule has 0 bridgehead atoms. The molecule has 0 amide bonds. The predicted octanol–water partition coefficient (Wildman–Crippen LogP) is 8.18. The Bertz CT molecular complexity index is 1640. The van der Waals surface area contributed by atoms with Crippen molar-refractivity contribution in [2.24, 2.45) is 0 Å². The van der Waals surface area contributed by atoms with Crippen LogP contribution in [0.5, 0.6) is 0 Å². The van der Waals surface area contributed by atoms with Gasteiger partial charge >= 0.3 is 0 Å². The number of hydrogen-bond donors (Lipinski definition) is 0. The van der Waals surface area contributed by atoms with E-state index in [2.05, 4.69) is 71.8 Å². The number of hydrogen-bond acceptors (Lipinski definition) is 2. The number of allylic oxidation sites excluding steroid dienone is 3. The van der Waals surface area contributed by atoms with Crippen LogP contribution >= 0.6 is 0 Å². The summed E-state index contributed by atoms with van der Waals surface area (Å²) in [6.07, 6.45) is 6.23. The van der Waals surface area contributed by atoms with Crippen LogP contribution in [0.2, 0.25) is 0 Å². The van der Waals surface area contributed by atoms with Crippen molar-refractivity contribution in [3.8, 4) is 11.8 Å². The summed E-state index contributed by atoms with van der Waals surface area (Å²) in [6, 6.07) is 28.9. The van der Waals surface area contributed by atoms with Gasteiger partial charge in [0.1, 0.15) is 11.4 Å². The fourth-order valence-electron chi connectivity index (χ4n) is 5.05. The maximum atomic E-state index is 9.53. The van der Waals surface area contributed by atoms with E-state index in [9.17, 15) is 5.26 Å². The van der Waals surface area contributed by atoms with Crippen molar-refractivity contribution >= 4 is 17.0 Å². The number of para-hydroxylation sites is 1. The number of nitriles is 1. The van der Waals surface area contributed by atoms with Crippen LogP contribution in [0.3, 0.4) is 0 Å². The highest BCUT2D eigenvalue weighted by Gasteiger charge is 2.34. The molecule has 4 heteroatoms. The van der Waals surface area contributed by atoms with Crippen molar-refractivity contribution in [3.05, 3.63) is 142 Å². The van der Waals surface area contributed by atoms with Crippen LogP contribution in [0.1, 0.15) is 35.7 Å². The molecule has 3 aromatic carbocycles. The third-order valence-corrected chi connectivity index (χ3v) is 7.09. The molecule has 4 nitrogen and oxygen atoms in total. The molecule has 0 spiro atoms. The van der Waals surface area contributed by atoms with E-state index < -0.39 is 5.60 Å². The number of rotatable bonds is 4. The molecule has 0 N–H and O–H groups in total. The van der Waals surface area contributed by atoms with Crippen LogP contribution in [0.15, 0.2) is 108 Å². The highest BCUT2D eigenvalue weighted by Crippen LogP contribution is 2.40. The van der Waals surface area contributed by atoms with E-state index in [-0.39, 0.29) is 5.70 Å². The monoisotopic (exact) mass is 481 g/mol. The average Bonchev–Trinajstić information content (AvgIpc) is 3.18. The topological polar surface area (TPSA) is 42.3 Å². The SMILES string of the molecule is [C-]#[N+]/C(C#N)=C1C=C(/C=C/c2ccc3c(c2)c(C)c(C)n3-c2ccccc2)OC(C)(c2ccccc2)C\1. The molecule has 0 aliphatic carbocycles. The van der Waals surface area contributed by atoms with Gasteiger partial charge in [-0.15, -0.1) is 0 Å². The van der Waals surface area contributed by atoms with Gasteiger partial charge in [-0.2, -0.15) is 0 Å². The zero-order valence-electron chi connectivity index (χ0n) is 21.2. The van der Waals surface area contributed by atoms with Gasteiger partial charge in [0, 0.05) is 23.2 Å². The first-order valence-corrected chi connectivity index (χ1v) is 12.3. The van der Waals surface area contributed by atoms with Crippen molar-refractivity contribution in [2.75, 3.05) is 0 Å². The Morgan fingerprint density at radius 2 is 1.73 bits per heavy atom. The minimum Gasteiger partial charge on any atom is -0.483 e. The number of aromatic nitrogens is 1. The molecule has 0 saturated heterocycles. The predicted molar refractivity (Wildman–Crippen MR) is 149 cm³/mol. The summed E-state index contributed by atoms with van der Waals surface area (Å²) in [5.74, 6) is 0.624. The molecule has 1 aromatic heterocycles. The van der Waals surface area contributed by atoms with Gasteiger partial charge < -0.3 is 9.30 Å². The van der Waals surface area contributed by atoms with Gasteiger partial charge in [0.25, 0.3) is 5.70 Å². The molecule has 5 rings (SSSR count). The molecular formula is C33H27N3O. The van der Waals surface area contributed by atoms with Gasteiger partial charge in [-0.1, -0.05) is 60.7 Å². The molecule has 1 aliphatic rings. The molecule has 37 heavy (non-hydrogen) atoms. The Kier molecular flexibility index (Phi) is 6.26. The molecular weight excluding hydrogens is 454 g/mol. The number of fused-ring (bicyclic) bond motifs is 1. The number of nitrogens with zero attached hydrogens (tertiary/aromatic N) is 3. The molecule has 0 fully saturated rings. The quantitative estimate of drug-likeness (QED) is 0.218. The third kappa shape index (κ3) is 4.46. The standard InChI is InChI=1S/C33H27N3O/c1-23-24(2)36(28-13-9-6-10-14-28)32-18-16-25(19-30(23)32)15-17-29-20-26(31(22-34)35-4)21-33(3,37-29)27-11-7-5-8-12-27/h5-20H,21H2,1-3H3/b17-15+,31-26+. The summed E-state index contributed by atoms with van der Waals surface area (Å²) >= 11 is 0. The Balaban J connectivity index is 1.54. The van der Waals surface area contributed by atoms with Gasteiger partial charge in [0.05, 0.1) is 18.2 Å². The average molecular weight is 482 g/mol. The van der Waals surface area contributed by atoms with Gasteiger partial charge in [0.15, 0.2) is 0 Å². The molecule has 2 heterocycles. The zero-order chi connectivity index (χ0) is 26.0. The van der Waals surface area contributed by atoms with Crippen LogP contribution in [0.4, 0.5) is 0 Å². The lowest BCUT2D eigenvalue weighted by Gasteiger charge is -2.36. The maximum Gasteiger partial charge on any atom is 0.265 e. The van der Waals surface area contributed by atoms with Crippen LogP contribution in [-0.2, 0) is 10.3 Å². The largest absolute Gasteiger partial charge is 0.483 e. The fraction of sp³-hybridized carbons (Fsp3) is 0.152. The zero-order valence-corrected chi connectivity index (χ0v) is 21.2. The lowest BCUT2D eigenvalue weighted by atomic mass is 9.85. The normalized spacial score (nSPS) is 18.7. The summed E-state index contributed by atoms with van der Waals surface area (Å²) in [5, 5.41) is 10.7. The minimum atomic E-state index is -0.678. The van der Waals surface area contributed by atoms with E-state index in [1.807, 2.05) is 61.5 Å². The van der Waals surface area contributed by atoms with E-state index in [0.29, 0.717) is 17.8 Å². The van der Waals surface area contributed by atoms with Gasteiger partial charge in [0.2, 0.25) is 0 Å². The Hall–Kier alpha value is -4.80. The summed E-state index contributed by atoms with van der Waals surface area (Å²) in [5.41, 5.74) is 6.96. The smallest absolute Gasteiger partial charge is 0.265 e. The molecule has 1 aliphatic heterocycles. The minimum absolute atomic E-state index is 0.103. The summed E-state index contributed by atoms with van der Waals surface area (Å²) in [7, 11) is 0. The first-order valence-electron chi connectivity index (χ1n) is 12.3. The van der Waals surface area contributed by atoms with Crippen LogP contribution in [0, 0.1) is 31.8 Å². The van der Waals surface area contributed by atoms with Crippen molar-refractivity contribution in [1.29, 1.82) is 5.26 Å². The maximum absolute atomic E-state index is 9.53. The first-order chi connectivity index (χ1) is 17.9. The Labute approximate surface area is 217 Å². The number of aryl methyl sites for hydroxylation is 1. The lowest BCUT2D eigenvalue weighted by Crippen LogP contribution is -2.29. The lowest BCUT2D eigenvalue weighted by molar-refractivity contribution is 0.0143. The van der Waals surface area contributed by atoms with Crippen LogP contribution in [0.25, 0.3) is 27.5 Å². The molecule has 1 unspecified atom stereocenters. The van der Waals surface area contributed by atoms with E-state index in [1.54, 1.807) is 0 Å². The van der Waals surface area contributed by atoms with Crippen molar-refractivity contribution in [2.45, 2.75) is 32.8 Å². The Morgan fingerprint density at radius 3 is 2.41 bits per heavy atom. The molecule has 4 aromatic rings. The van der Waals surface area contributed by atoms with Crippen molar-refractivity contribution < 1.29 is 4.74 Å². The second-order valence-corrected chi connectivity index (χ2v) is 9.51. The van der Waals surface area contributed by atoms with E-state index in [1.165, 1.54) is 22.2 Å². The van der Waals surface area contributed by atoms with E-state index >= 15 is 0 Å². The first kappa shape index (κ1) is 23.9.